The Kier molecular flexibility index (Phi) is 10.0. The van der Waals surface area contributed by atoms with Crippen LogP contribution in [0.2, 0.25) is 0 Å². The highest BCUT2D eigenvalue weighted by molar-refractivity contribution is 7.85. The first-order valence-corrected chi connectivity index (χ1v) is 16.6. The summed E-state index contributed by atoms with van der Waals surface area (Å²) in [5, 5.41) is 34.5. The van der Waals surface area contributed by atoms with Gasteiger partial charge in [0.25, 0.3) is 16.0 Å². The molecule has 1 aromatic heterocycles. The quantitative estimate of drug-likeness (QED) is 0.0671. The molecule has 4 N–H and O–H groups in total. The molecule has 5 aromatic rings. The molecular weight excluding hydrogens is 663 g/mol. The maximum absolute atomic E-state index is 11.9. The number of hydrogen-bond acceptors (Lipinski definition) is 14. The average Bonchev–Trinajstić information content (AvgIpc) is 3.52. The summed E-state index contributed by atoms with van der Waals surface area (Å²) < 4.78 is 60.5. The lowest BCUT2D eigenvalue weighted by molar-refractivity contribution is 0.199. The van der Waals surface area contributed by atoms with Gasteiger partial charge in [-0.3, -0.25) is 4.55 Å². The topological polar surface area (TPSA) is 225 Å². The van der Waals surface area contributed by atoms with Crippen molar-refractivity contribution in [3.05, 3.63) is 83.5 Å². The summed E-state index contributed by atoms with van der Waals surface area (Å²) in [6.45, 7) is 7.27. The second kappa shape index (κ2) is 14.2. The van der Waals surface area contributed by atoms with Gasteiger partial charge in [-0.2, -0.15) is 18.5 Å². The number of nitrogen functional groups attached to an aromatic ring is 1. The number of anilines is 1. The molecule has 0 radical (unpaired) electrons. The zero-order valence-corrected chi connectivity index (χ0v) is 27.4. The molecule has 0 amide bonds. The van der Waals surface area contributed by atoms with Crippen LogP contribution in [0.15, 0.2) is 96.5 Å². The number of aromatic hydroxyl groups is 1. The fourth-order valence-electron chi connectivity index (χ4n) is 4.61. The molecule has 248 valence electrons. The second-order valence-electron chi connectivity index (χ2n) is 10.3. The Hall–Kier alpha value is -5.36. The van der Waals surface area contributed by atoms with Crippen molar-refractivity contribution in [2.24, 2.45) is 20.5 Å². The molecule has 0 saturated carbocycles. The normalized spacial score (nSPS) is 12.7. The van der Waals surface area contributed by atoms with Gasteiger partial charge in [0, 0.05) is 18.9 Å². The lowest BCUT2D eigenvalue weighted by Crippen LogP contribution is -1.98. The van der Waals surface area contributed by atoms with Crippen LogP contribution in [0.25, 0.3) is 22.2 Å². The summed E-state index contributed by atoms with van der Waals surface area (Å²) in [4.78, 5) is 3.86. The Morgan fingerprint density at radius 2 is 1.71 bits per heavy atom. The van der Waals surface area contributed by atoms with Gasteiger partial charge in [-0.15, -0.1) is 15.3 Å². The summed E-state index contributed by atoms with van der Waals surface area (Å²) in [7, 11) is -3.06. The molecule has 48 heavy (non-hydrogen) atoms. The van der Waals surface area contributed by atoms with E-state index in [-0.39, 0.29) is 39.7 Å². The number of ether oxygens (including phenoxy) is 1. The number of hydrogen-bond donors (Lipinski definition) is 3. The molecule has 1 heterocycles. The average molecular weight is 692 g/mol. The first-order chi connectivity index (χ1) is 22.9. The van der Waals surface area contributed by atoms with Gasteiger partial charge < -0.3 is 24.3 Å². The van der Waals surface area contributed by atoms with Crippen molar-refractivity contribution >= 4 is 60.4 Å². The van der Waals surface area contributed by atoms with Crippen molar-refractivity contribution in [1.82, 2.24) is 10.1 Å². The molecule has 0 aliphatic heterocycles. The lowest BCUT2D eigenvalue weighted by atomic mass is 9.99. The van der Waals surface area contributed by atoms with E-state index in [0.29, 0.717) is 52.5 Å². The van der Waals surface area contributed by atoms with E-state index in [0.717, 1.165) is 12.1 Å². The van der Waals surface area contributed by atoms with Crippen LogP contribution >= 0.6 is 0 Å². The number of aromatic nitrogens is 2. The number of aryl methyl sites for hydroxylation is 2. The molecule has 15 nitrogen and oxygen atoms in total. The van der Waals surface area contributed by atoms with E-state index in [4.69, 9.17) is 19.2 Å². The number of azo groups is 2. The summed E-state index contributed by atoms with van der Waals surface area (Å²) in [5.74, 6) is 0.334. The SMILES string of the molecule is C=CS(=O)Oc1ccc(N=Nc2c(C)cc3cc(C)c(N=Nc4ccc(S(=O)(=O)O)cc4-c4nc(CCOC)no4)c(O)c3c2N)cc1. The van der Waals surface area contributed by atoms with E-state index in [2.05, 4.69) is 37.2 Å². The van der Waals surface area contributed by atoms with Crippen molar-refractivity contribution < 1.29 is 35.7 Å². The minimum absolute atomic E-state index is 0.0661. The first kappa shape index (κ1) is 34.0. The number of fused-ring (bicyclic) bond motifs is 1. The third-order valence-corrected chi connectivity index (χ3v) is 8.41. The van der Waals surface area contributed by atoms with E-state index >= 15 is 0 Å². The Balaban J connectivity index is 1.53. The molecule has 0 saturated heterocycles. The van der Waals surface area contributed by atoms with E-state index in [1.54, 1.807) is 43.3 Å². The molecule has 17 heteroatoms. The molecule has 0 spiro atoms. The molecule has 5 rings (SSSR count). The Labute approximate surface area is 277 Å². The van der Waals surface area contributed by atoms with Crippen LogP contribution < -0.4 is 9.92 Å². The highest BCUT2D eigenvalue weighted by Crippen LogP contribution is 2.46. The third kappa shape index (κ3) is 7.44. The minimum atomic E-state index is -4.58. The molecule has 0 bridgehead atoms. The maximum Gasteiger partial charge on any atom is 0.294 e. The van der Waals surface area contributed by atoms with Gasteiger partial charge in [-0.05, 0) is 85.0 Å². The lowest BCUT2D eigenvalue weighted by Gasteiger charge is -2.13. The van der Waals surface area contributed by atoms with Crippen LogP contribution in [0.3, 0.4) is 0 Å². The van der Waals surface area contributed by atoms with Crippen LogP contribution in [0.4, 0.5) is 28.4 Å². The molecule has 0 aliphatic rings. The molecule has 1 atom stereocenters. The molecule has 0 fully saturated rings. The zero-order valence-electron chi connectivity index (χ0n) is 25.8. The predicted octanol–water partition coefficient (Wildman–Crippen LogP) is 7.25. The second-order valence-corrected chi connectivity index (χ2v) is 12.7. The molecule has 0 aliphatic carbocycles. The summed E-state index contributed by atoms with van der Waals surface area (Å²) >= 11 is -1.66. The van der Waals surface area contributed by atoms with Crippen LogP contribution in [-0.4, -0.2) is 46.1 Å². The fourth-order valence-corrected chi connectivity index (χ4v) is 5.48. The van der Waals surface area contributed by atoms with Gasteiger partial charge in [0.05, 0.1) is 39.5 Å². The number of nitrogens with two attached hydrogens (primary N) is 1. The number of phenols is 1. The van der Waals surface area contributed by atoms with E-state index < -0.39 is 26.1 Å². The largest absolute Gasteiger partial charge is 0.505 e. The van der Waals surface area contributed by atoms with Crippen LogP contribution in [0, 0.1) is 13.8 Å². The number of rotatable bonds is 12. The number of phenolic OH excluding ortho intramolecular Hbond substituents is 1. The molecule has 1 unspecified atom stereocenters. The fraction of sp³-hybridized carbons (Fsp3) is 0.161. The predicted molar refractivity (Wildman–Crippen MR) is 178 cm³/mol. The van der Waals surface area contributed by atoms with Gasteiger partial charge in [-0.25, -0.2) is 4.21 Å². The maximum atomic E-state index is 11.9. The monoisotopic (exact) mass is 691 g/mol. The highest BCUT2D eigenvalue weighted by Gasteiger charge is 2.20. The van der Waals surface area contributed by atoms with Crippen molar-refractivity contribution in [3.8, 4) is 23.0 Å². The Morgan fingerprint density at radius 1 is 1.02 bits per heavy atom. The van der Waals surface area contributed by atoms with E-state index in [1.165, 1.54) is 18.6 Å². The Morgan fingerprint density at radius 3 is 2.38 bits per heavy atom. The van der Waals surface area contributed by atoms with Crippen LogP contribution in [0.5, 0.6) is 11.5 Å². The number of benzene rings is 4. The summed E-state index contributed by atoms with van der Waals surface area (Å²) in [6.07, 6.45) is 0.335. The standard InChI is InChI=1S/C31H29N7O8S2/c1-5-47(40)46-21-8-6-20(7-9-21)34-36-28-17(2)14-19-15-18(3)29(30(39)26(19)27(28)32)37-35-24-11-10-22(48(41,42)43)16-23(24)31-33-25(38-45-31)12-13-44-4/h5-11,14-16,39H,1,12-13,32H2,2-4H3,(H,41,42,43). The van der Waals surface area contributed by atoms with Crippen LogP contribution in [-0.2, 0) is 32.4 Å². The minimum Gasteiger partial charge on any atom is -0.505 e. The molecule has 4 aromatic carbocycles. The number of nitrogens with zero attached hydrogens (tertiary/aromatic N) is 6. The first-order valence-electron chi connectivity index (χ1n) is 14.0. The van der Waals surface area contributed by atoms with Crippen molar-refractivity contribution in [2.75, 3.05) is 19.5 Å². The van der Waals surface area contributed by atoms with Gasteiger partial charge in [0.15, 0.2) is 11.6 Å². The van der Waals surface area contributed by atoms with Gasteiger partial charge >= 0.3 is 0 Å². The molecular formula is C31H29N7O8S2. The highest BCUT2D eigenvalue weighted by atomic mass is 32.2. The van der Waals surface area contributed by atoms with Crippen molar-refractivity contribution in [3.63, 3.8) is 0 Å². The zero-order chi connectivity index (χ0) is 34.6. The third-order valence-electron chi connectivity index (χ3n) is 6.93. The van der Waals surface area contributed by atoms with E-state index in [9.17, 15) is 22.3 Å². The summed E-state index contributed by atoms with van der Waals surface area (Å²) in [6, 6.07) is 13.6. The van der Waals surface area contributed by atoms with Crippen molar-refractivity contribution in [1.29, 1.82) is 0 Å². The van der Waals surface area contributed by atoms with Gasteiger partial charge in [0.2, 0.25) is 11.1 Å². The Bertz CT molecular complexity index is 2220. The summed E-state index contributed by atoms with van der Waals surface area (Å²) in [5.41, 5.74) is 9.01. The van der Waals surface area contributed by atoms with Gasteiger partial charge in [-0.1, -0.05) is 11.7 Å². The van der Waals surface area contributed by atoms with Gasteiger partial charge in [0.1, 0.15) is 17.1 Å². The van der Waals surface area contributed by atoms with Crippen LogP contribution in [0.1, 0.15) is 17.0 Å². The van der Waals surface area contributed by atoms with E-state index in [1.807, 2.05) is 6.92 Å². The smallest absolute Gasteiger partial charge is 0.294 e. The number of methoxy groups -OCH3 is 1. The van der Waals surface area contributed by atoms with Crippen molar-refractivity contribution in [2.45, 2.75) is 25.2 Å².